The molecule has 0 radical (unpaired) electrons. The van der Waals surface area contributed by atoms with E-state index in [0.717, 1.165) is 63.2 Å². The SMILES string of the molecule is C=C1CC/C=C\N(c2ccc3sc4ccccc4c3c2)c2ccc3c(sc4ccc(-c5ccc(O)c(-c6cccc(-n7c8ccccc8c8ccccc87)c6)c5)cc43)c21. The number of para-hydroxylation sites is 2. The number of fused-ring (bicyclic) bond motifs is 11. The Morgan fingerprint density at radius 2 is 1.20 bits per heavy atom. The molecule has 11 aromatic rings. The number of rotatable bonds is 4. The molecule has 0 fully saturated rings. The zero-order valence-corrected chi connectivity index (χ0v) is 33.7. The Kier molecular flexibility index (Phi) is 7.71. The highest BCUT2D eigenvalue weighted by atomic mass is 32.1. The van der Waals surface area contributed by atoms with Crippen LogP contribution in [-0.2, 0) is 0 Å². The first kappa shape index (κ1) is 34.1. The molecular weight excluding hydrogens is 757 g/mol. The van der Waals surface area contributed by atoms with Gasteiger partial charge in [-0.25, -0.2) is 0 Å². The third kappa shape index (κ3) is 5.39. The van der Waals surface area contributed by atoms with E-state index in [-0.39, 0.29) is 5.75 Å². The number of anilines is 2. The van der Waals surface area contributed by atoms with E-state index in [1.807, 2.05) is 34.8 Å². The molecular formula is C54H36N2OS2. The average molecular weight is 793 g/mol. The molecule has 0 spiro atoms. The molecule has 1 N–H and O–H groups in total. The van der Waals surface area contributed by atoms with Gasteiger partial charge in [0, 0.05) is 79.8 Å². The smallest absolute Gasteiger partial charge is 0.123 e. The number of nitrogens with zero attached hydrogens (tertiary/aromatic N) is 2. The van der Waals surface area contributed by atoms with Crippen LogP contribution in [0.3, 0.4) is 0 Å². The van der Waals surface area contributed by atoms with Gasteiger partial charge in [-0.3, -0.25) is 0 Å². The fourth-order valence-electron chi connectivity index (χ4n) is 9.24. The number of hydrogen-bond acceptors (Lipinski definition) is 4. The normalized spacial score (nSPS) is 13.8. The molecule has 12 rings (SSSR count). The van der Waals surface area contributed by atoms with Crippen molar-refractivity contribution in [1.82, 2.24) is 4.57 Å². The minimum atomic E-state index is 0.261. The Bertz CT molecular complexity index is 3510. The summed E-state index contributed by atoms with van der Waals surface area (Å²) in [6, 6.07) is 58.6. The Morgan fingerprint density at radius 1 is 0.508 bits per heavy atom. The van der Waals surface area contributed by atoms with Crippen molar-refractivity contribution in [2.24, 2.45) is 0 Å². The third-order valence-corrected chi connectivity index (χ3v) is 14.4. The minimum absolute atomic E-state index is 0.261. The molecule has 0 saturated carbocycles. The summed E-state index contributed by atoms with van der Waals surface area (Å²) in [7, 11) is 0. The summed E-state index contributed by atoms with van der Waals surface area (Å²) in [5, 5.41) is 18.9. The second kappa shape index (κ2) is 13.3. The molecule has 4 heterocycles. The van der Waals surface area contributed by atoms with Crippen LogP contribution < -0.4 is 4.90 Å². The van der Waals surface area contributed by atoms with Gasteiger partial charge in [0.2, 0.25) is 0 Å². The van der Waals surface area contributed by atoms with Crippen LogP contribution in [0.15, 0.2) is 183 Å². The average Bonchev–Trinajstić information content (AvgIpc) is 3.95. The lowest BCUT2D eigenvalue weighted by Gasteiger charge is -2.27. The van der Waals surface area contributed by atoms with E-state index < -0.39 is 0 Å². The molecule has 5 heteroatoms. The molecule has 1 aliphatic rings. The van der Waals surface area contributed by atoms with Crippen molar-refractivity contribution >= 4 is 102 Å². The Morgan fingerprint density at radius 3 is 2.05 bits per heavy atom. The molecule has 0 unspecified atom stereocenters. The molecule has 0 bridgehead atoms. The lowest BCUT2D eigenvalue weighted by molar-refractivity contribution is 0.477. The molecule has 0 amide bonds. The number of benzene rings is 8. The topological polar surface area (TPSA) is 28.4 Å². The minimum Gasteiger partial charge on any atom is -0.507 e. The first-order chi connectivity index (χ1) is 29.1. The lowest BCUT2D eigenvalue weighted by atomic mass is 9.95. The summed E-state index contributed by atoms with van der Waals surface area (Å²) >= 11 is 3.71. The molecule has 0 atom stereocenters. The molecule has 0 saturated heterocycles. The van der Waals surface area contributed by atoms with Gasteiger partial charge in [0.05, 0.1) is 16.7 Å². The number of allylic oxidation sites excluding steroid dienone is 2. The van der Waals surface area contributed by atoms with Gasteiger partial charge in [-0.05, 0) is 114 Å². The summed E-state index contributed by atoms with van der Waals surface area (Å²) in [5.74, 6) is 0.261. The van der Waals surface area contributed by atoms with E-state index in [1.54, 1.807) is 0 Å². The number of aromatic hydroxyl groups is 1. The van der Waals surface area contributed by atoms with Gasteiger partial charge in [0.1, 0.15) is 5.75 Å². The van der Waals surface area contributed by atoms with Gasteiger partial charge < -0.3 is 14.6 Å². The monoisotopic (exact) mass is 792 g/mol. The zero-order valence-electron chi connectivity index (χ0n) is 32.0. The third-order valence-electron chi connectivity index (χ3n) is 12.1. The van der Waals surface area contributed by atoms with Crippen molar-refractivity contribution in [3.8, 4) is 33.7 Å². The van der Waals surface area contributed by atoms with Gasteiger partial charge in [-0.15, -0.1) is 22.7 Å². The van der Waals surface area contributed by atoms with Crippen LogP contribution >= 0.6 is 22.7 Å². The summed E-state index contributed by atoms with van der Waals surface area (Å²) < 4.78 is 7.46. The van der Waals surface area contributed by atoms with Crippen molar-refractivity contribution < 1.29 is 5.11 Å². The van der Waals surface area contributed by atoms with Crippen molar-refractivity contribution in [3.05, 3.63) is 188 Å². The summed E-state index contributed by atoms with van der Waals surface area (Å²) in [6.07, 6.45) is 6.38. The fraction of sp³-hybridized carbons (Fsp3) is 0.0370. The standard InChI is InChI=1S/C54H36N2OS2/c1-33-11-8-9-28-55(37-22-27-51-45(32-37)41-16-4-7-19-50(41)58-51)48-24-23-42-44-31-35(21-26-52(44)59-54(42)53(33)48)34-20-25-49(57)43(30-34)36-12-10-13-38(29-36)56-46-17-5-2-14-39(46)40-15-3-6-18-47(40)56/h2-7,9-10,12-32,57H,1,8,11H2/b28-9-. The quantitative estimate of drug-likeness (QED) is 0.192. The highest BCUT2D eigenvalue weighted by molar-refractivity contribution is 7.26. The maximum Gasteiger partial charge on any atom is 0.123 e. The van der Waals surface area contributed by atoms with Crippen molar-refractivity contribution in [2.75, 3.05) is 4.90 Å². The van der Waals surface area contributed by atoms with Crippen LogP contribution in [0.5, 0.6) is 5.75 Å². The number of phenols is 1. The van der Waals surface area contributed by atoms with E-state index in [0.29, 0.717) is 0 Å². The Hall–Kier alpha value is -6.92. The van der Waals surface area contributed by atoms with Crippen LogP contribution in [0.25, 0.3) is 95.7 Å². The van der Waals surface area contributed by atoms with E-state index in [9.17, 15) is 5.11 Å². The van der Waals surface area contributed by atoms with Crippen LogP contribution in [0.2, 0.25) is 0 Å². The maximum atomic E-state index is 11.3. The van der Waals surface area contributed by atoms with Crippen LogP contribution in [0.4, 0.5) is 11.4 Å². The highest BCUT2D eigenvalue weighted by Crippen LogP contribution is 2.48. The van der Waals surface area contributed by atoms with Crippen molar-refractivity contribution in [1.29, 1.82) is 0 Å². The molecule has 8 aromatic carbocycles. The van der Waals surface area contributed by atoms with Crippen LogP contribution in [-0.4, -0.2) is 9.67 Å². The van der Waals surface area contributed by atoms with E-state index in [2.05, 4.69) is 180 Å². The predicted octanol–water partition coefficient (Wildman–Crippen LogP) is 16.0. The number of aromatic nitrogens is 1. The van der Waals surface area contributed by atoms with E-state index in [1.165, 1.54) is 62.3 Å². The molecule has 3 aromatic heterocycles. The zero-order chi connectivity index (χ0) is 39.2. The molecule has 3 nitrogen and oxygen atoms in total. The Balaban J connectivity index is 0.954. The van der Waals surface area contributed by atoms with Crippen LogP contribution in [0, 0.1) is 0 Å². The molecule has 1 aliphatic heterocycles. The summed E-state index contributed by atoms with van der Waals surface area (Å²) in [6.45, 7) is 4.67. The number of thiophene rings is 2. The van der Waals surface area contributed by atoms with Gasteiger partial charge in [-0.2, -0.15) is 0 Å². The first-order valence-electron chi connectivity index (χ1n) is 20.0. The summed E-state index contributed by atoms with van der Waals surface area (Å²) in [4.78, 5) is 2.36. The molecule has 280 valence electrons. The Labute approximate surface area is 349 Å². The second-order valence-corrected chi connectivity index (χ2v) is 17.6. The predicted molar refractivity (Wildman–Crippen MR) is 255 cm³/mol. The van der Waals surface area contributed by atoms with Gasteiger partial charge in [0.15, 0.2) is 0 Å². The van der Waals surface area contributed by atoms with Crippen LogP contribution in [0.1, 0.15) is 18.4 Å². The first-order valence-corrected chi connectivity index (χ1v) is 21.7. The molecule has 0 aliphatic carbocycles. The number of hydrogen-bond donors (Lipinski definition) is 1. The largest absolute Gasteiger partial charge is 0.507 e. The van der Waals surface area contributed by atoms with Gasteiger partial charge in [0.25, 0.3) is 0 Å². The lowest BCUT2D eigenvalue weighted by Crippen LogP contribution is -2.12. The second-order valence-electron chi connectivity index (χ2n) is 15.5. The highest BCUT2D eigenvalue weighted by Gasteiger charge is 2.22. The number of phenolic OH excluding ortho intramolecular Hbond substituents is 1. The summed E-state index contributed by atoms with van der Waals surface area (Å²) in [5.41, 5.74) is 12.0. The molecule has 59 heavy (non-hydrogen) atoms. The van der Waals surface area contributed by atoms with Crippen molar-refractivity contribution in [3.63, 3.8) is 0 Å². The van der Waals surface area contributed by atoms with Crippen molar-refractivity contribution in [2.45, 2.75) is 12.8 Å². The van der Waals surface area contributed by atoms with Gasteiger partial charge >= 0.3 is 0 Å². The van der Waals surface area contributed by atoms with E-state index in [4.69, 9.17) is 0 Å². The maximum absolute atomic E-state index is 11.3. The van der Waals surface area contributed by atoms with E-state index >= 15 is 0 Å². The fourth-order valence-corrected chi connectivity index (χ4v) is 11.6. The van der Waals surface area contributed by atoms with Gasteiger partial charge in [-0.1, -0.05) is 97.6 Å².